The van der Waals surface area contributed by atoms with E-state index in [1.54, 1.807) is 11.3 Å². The molecule has 1 aromatic carbocycles. The predicted octanol–water partition coefficient (Wildman–Crippen LogP) is 4.00. The minimum Gasteiger partial charge on any atom is -0.453 e. The molecule has 0 aliphatic heterocycles. The highest BCUT2D eigenvalue weighted by Gasteiger charge is 2.33. The monoisotopic (exact) mass is 432 g/mol. The van der Waals surface area contributed by atoms with Crippen molar-refractivity contribution in [2.45, 2.75) is 59.5 Å². The Morgan fingerprint density at radius 2 is 1.73 bits per heavy atom. The van der Waals surface area contributed by atoms with Gasteiger partial charge in [0.05, 0.1) is 12.8 Å². The Hall–Kier alpha value is -2.45. The minimum atomic E-state index is -0.734. The molecule has 0 saturated carbocycles. The van der Waals surface area contributed by atoms with Crippen molar-refractivity contribution in [3.63, 3.8) is 0 Å². The van der Waals surface area contributed by atoms with Crippen molar-refractivity contribution in [1.29, 1.82) is 0 Å². The number of hydrazine groups is 1. The van der Waals surface area contributed by atoms with Crippen LogP contribution in [0.25, 0.3) is 10.6 Å². The van der Waals surface area contributed by atoms with Crippen LogP contribution in [0.1, 0.15) is 52.8 Å². The number of thiazole rings is 1. The number of benzene rings is 1. The quantitative estimate of drug-likeness (QED) is 0.600. The molecule has 7 nitrogen and oxygen atoms in total. The van der Waals surface area contributed by atoms with Crippen molar-refractivity contribution in [3.05, 3.63) is 40.9 Å². The van der Waals surface area contributed by atoms with Gasteiger partial charge in [0.15, 0.2) is 0 Å². The first-order valence-corrected chi connectivity index (χ1v) is 10.7. The molecule has 8 heteroatoms. The lowest BCUT2D eigenvalue weighted by Crippen LogP contribution is -2.56. The van der Waals surface area contributed by atoms with E-state index in [1.165, 1.54) is 7.11 Å². The van der Waals surface area contributed by atoms with Crippen molar-refractivity contribution in [2.75, 3.05) is 7.11 Å². The van der Waals surface area contributed by atoms with Crippen LogP contribution in [0.4, 0.5) is 4.79 Å². The molecule has 0 fully saturated rings. The average molecular weight is 433 g/mol. The van der Waals surface area contributed by atoms with Crippen LogP contribution in [-0.2, 0) is 21.5 Å². The van der Waals surface area contributed by atoms with Gasteiger partial charge in [-0.2, -0.15) is 0 Å². The van der Waals surface area contributed by atoms with Gasteiger partial charge in [-0.25, -0.2) is 15.2 Å². The lowest BCUT2D eigenvalue weighted by molar-refractivity contribution is -0.126. The van der Waals surface area contributed by atoms with Gasteiger partial charge < -0.3 is 10.1 Å². The number of rotatable bonds is 6. The first-order valence-electron chi connectivity index (χ1n) is 9.84. The number of carbonyl (C=O) groups excluding carboxylic acids is 2. The number of carbonyl (C=O) groups is 2. The zero-order valence-corrected chi connectivity index (χ0v) is 19.6. The maximum absolute atomic E-state index is 12.5. The van der Waals surface area contributed by atoms with Crippen LogP contribution in [-0.4, -0.2) is 30.1 Å². The Morgan fingerprint density at radius 3 is 2.23 bits per heavy atom. The van der Waals surface area contributed by atoms with Gasteiger partial charge in [0, 0.05) is 22.9 Å². The van der Waals surface area contributed by atoms with Crippen molar-refractivity contribution in [2.24, 2.45) is 5.41 Å². The van der Waals surface area contributed by atoms with Crippen LogP contribution in [0, 0.1) is 5.41 Å². The second-order valence-corrected chi connectivity index (χ2v) is 10.1. The molecule has 0 saturated heterocycles. The lowest BCUT2D eigenvalue weighted by atomic mass is 9.86. The fourth-order valence-corrected chi connectivity index (χ4v) is 3.73. The number of hydrogen-bond acceptors (Lipinski definition) is 6. The highest BCUT2D eigenvalue weighted by Crippen LogP contribution is 2.29. The van der Waals surface area contributed by atoms with E-state index in [2.05, 4.69) is 47.1 Å². The van der Waals surface area contributed by atoms with Crippen molar-refractivity contribution >= 4 is 23.3 Å². The van der Waals surface area contributed by atoms with E-state index in [-0.39, 0.29) is 11.3 Å². The molecule has 2 aromatic rings. The number of alkyl carbamates (subject to hydrolysis) is 1. The second kappa shape index (κ2) is 9.57. The normalized spacial score (nSPS) is 12.9. The van der Waals surface area contributed by atoms with E-state index in [0.29, 0.717) is 6.54 Å². The van der Waals surface area contributed by atoms with Gasteiger partial charge in [-0.05, 0) is 11.0 Å². The molecule has 3 N–H and O–H groups in total. The van der Waals surface area contributed by atoms with Gasteiger partial charge >= 0.3 is 6.09 Å². The number of aromatic nitrogens is 1. The van der Waals surface area contributed by atoms with Gasteiger partial charge in [0.1, 0.15) is 11.0 Å². The molecular weight excluding hydrogens is 400 g/mol. The topological polar surface area (TPSA) is 92.3 Å². The molecule has 30 heavy (non-hydrogen) atoms. The maximum Gasteiger partial charge on any atom is 0.407 e. The van der Waals surface area contributed by atoms with Crippen LogP contribution in [0.15, 0.2) is 29.6 Å². The van der Waals surface area contributed by atoms with E-state index in [4.69, 9.17) is 4.98 Å². The Balaban J connectivity index is 1.94. The van der Waals surface area contributed by atoms with Crippen LogP contribution in [0.2, 0.25) is 0 Å². The summed E-state index contributed by atoms with van der Waals surface area (Å²) in [4.78, 5) is 28.8. The second-order valence-electron chi connectivity index (χ2n) is 9.26. The summed E-state index contributed by atoms with van der Waals surface area (Å²) in [5, 5.41) is 5.67. The third-order valence-corrected chi connectivity index (χ3v) is 5.44. The minimum absolute atomic E-state index is 0.0322. The third-order valence-electron chi connectivity index (χ3n) is 4.55. The number of ether oxygens (including phenoxy) is 1. The number of hydrogen-bond donors (Lipinski definition) is 3. The summed E-state index contributed by atoms with van der Waals surface area (Å²) < 4.78 is 4.61. The van der Waals surface area contributed by atoms with Gasteiger partial charge in [-0.15, -0.1) is 11.3 Å². The van der Waals surface area contributed by atoms with Crippen molar-refractivity contribution in [1.82, 2.24) is 21.2 Å². The number of methoxy groups -OCH3 is 1. The molecule has 0 spiro atoms. The summed E-state index contributed by atoms with van der Waals surface area (Å²) in [6, 6.07) is 7.32. The predicted molar refractivity (Wildman–Crippen MR) is 120 cm³/mol. The zero-order chi connectivity index (χ0) is 22.5. The molecule has 0 radical (unpaired) electrons. The summed E-state index contributed by atoms with van der Waals surface area (Å²) in [6.45, 7) is 12.5. The largest absolute Gasteiger partial charge is 0.453 e. The van der Waals surface area contributed by atoms with Gasteiger partial charge in [0.2, 0.25) is 0 Å². The summed E-state index contributed by atoms with van der Waals surface area (Å²) in [5.41, 5.74) is 8.32. The van der Waals surface area contributed by atoms with Crippen LogP contribution >= 0.6 is 11.3 Å². The molecule has 1 heterocycles. The molecule has 164 valence electrons. The lowest BCUT2D eigenvalue weighted by Gasteiger charge is -2.29. The summed E-state index contributed by atoms with van der Waals surface area (Å²) in [6.07, 6.45) is -0.641. The molecule has 2 rings (SSSR count). The van der Waals surface area contributed by atoms with Crippen LogP contribution in [0.5, 0.6) is 0 Å². The van der Waals surface area contributed by atoms with Gasteiger partial charge in [-0.3, -0.25) is 10.2 Å². The van der Waals surface area contributed by atoms with E-state index in [0.717, 1.165) is 21.8 Å². The standard InChI is InChI=1S/C22H32N4O3S/c1-21(2,3)16-13-30-19(24-16)15-10-8-14(9-11-15)12-23-26-18(27)17(22(4,5)6)25-20(28)29-7/h8-11,13,17,23H,12H2,1-7H3,(H,25,28)(H,26,27)/t17-/m1/s1. The van der Waals surface area contributed by atoms with Gasteiger partial charge in [0.25, 0.3) is 5.91 Å². The van der Waals surface area contributed by atoms with Gasteiger partial charge in [-0.1, -0.05) is 65.8 Å². The SMILES string of the molecule is COC(=O)N[C@H](C(=O)NNCc1ccc(-c2nc(C(C)(C)C)cs2)cc1)C(C)(C)C. The molecule has 0 bridgehead atoms. The van der Waals surface area contributed by atoms with Crippen LogP contribution < -0.4 is 16.2 Å². The molecule has 1 aromatic heterocycles. The molecule has 0 aliphatic carbocycles. The van der Waals surface area contributed by atoms with E-state index in [9.17, 15) is 9.59 Å². The number of amides is 2. The Morgan fingerprint density at radius 1 is 1.10 bits per heavy atom. The molecule has 1 atom stereocenters. The smallest absolute Gasteiger partial charge is 0.407 e. The third kappa shape index (κ3) is 6.53. The van der Waals surface area contributed by atoms with E-state index in [1.807, 2.05) is 45.0 Å². The van der Waals surface area contributed by atoms with E-state index >= 15 is 0 Å². The fraction of sp³-hybridized carbons (Fsp3) is 0.500. The number of nitrogens with one attached hydrogen (secondary N) is 3. The Kier molecular flexibility index (Phi) is 7.60. The van der Waals surface area contributed by atoms with E-state index < -0.39 is 17.6 Å². The average Bonchev–Trinajstić information content (AvgIpc) is 3.16. The molecule has 0 unspecified atom stereocenters. The maximum atomic E-state index is 12.5. The fourth-order valence-electron chi connectivity index (χ4n) is 2.67. The Bertz CT molecular complexity index is 864. The molecule has 2 amide bonds. The summed E-state index contributed by atoms with van der Waals surface area (Å²) in [7, 11) is 1.27. The first kappa shape index (κ1) is 23.8. The molecule has 0 aliphatic rings. The Labute approximate surface area is 182 Å². The van der Waals surface area contributed by atoms with Crippen molar-refractivity contribution in [3.8, 4) is 10.6 Å². The van der Waals surface area contributed by atoms with Crippen molar-refractivity contribution < 1.29 is 14.3 Å². The summed E-state index contributed by atoms with van der Waals surface area (Å²) >= 11 is 1.64. The first-order chi connectivity index (χ1) is 13.9. The van der Waals surface area contributed by atoms with Crippen LogP contribution in [0.3, 0.4) is 0 Å². The summed E-state index contributed by atoms with van der Waals surface area (Å²) in [5.74, 6) is -0.331. The number of nitrogens with zero attached hydrogens (tertiary/aromatic N) is 1. The highest BCUT2D eigenvalue weighted by molar-refractivity contribution is 7.13. The zero-order valence-electron chi connectivity index (χ0n) is 18.8. The highest BCUT2D eigenvalue weighted by atomic mass is 32.1. The molecular formula is C22H32N4O3S.